The first-order valence-electron chi connectivity index (χ1n) is 9.07. The van der Waals surface area contributed by atoms with Crippen LogP contribution in [0, 0.1) is 24.1 Å². The molecule has 0 atom stereocenters. The molecule has 132 valence electrons. The molecule has 0 radical (unpaired) electrons. The van der Waals surface area contributed by atoms with E-state index in [1.54, 1.807) is 6.07 Å². The molecule has 0 heterocycles. The van der Waals surface area contributed by atoms with Crippen LogP contribution in [-0.2, 0) is 5.41 Å². The normalized spacial score (nSPS) is 14.7. The third kappa shape index (κ3) is 4.48. The van der Waals surface area contributed by atoms with E-state index in [9.17, 15) is 4.39 Å². The monoisotopic (exact) mass is 337 g/mol. The van der Waals surface area contributed by atoms with Crippen molar-refractivity contribution in [1.29, 1.82) is 5.26 Å². The van der Waals surface area contributed by atoms with Crippen LogP contribution in [0.15, 0.2) is 42.5 Å². The largest absolute Gasteiger partial charge is 0.207 e. The topological polar surface area (TPSA) is 23.8 Å². The van der Waals surface area contributed by atoms with Gasteiger partial charge in [0.05, 0.1) is 11.5 Å². The molecule has 0 aliphatic heterocycles. The average Bonchev–Trinajstić information content (AvgIpc) is 3.39. The third-order valence-corrected chi connectivity index (χ3v) is 5.00. The predicted octanol–water partition coefficient (Wildman–Crippen LogP) is 6.62. The lowest BCUT2D eigenvalue weighted by atomic mass is 9.93. The molecule has 3 rings (SSSR count). The second kappa shape index (κ2) is 7.83. The van der Waals surface area contributed by atoms with Crippen molar-refractivity contribution in [3.8, 4) is 6.07 Å². The van der Waals surface area contributed by atoms with E-state index in [4.69, 9.17) is 5.26 Å². The van der Waals surface area contributed by atoms with Gasteiger partial charge in [-0.3, -0.25) is 0 Å². The van der Waals surface area contributed by atoms with Gasteiger partial charge in [-0.1, -0.05) is 64.1 Å². The highest BCUT2D eigenvalue weighted by Crippen LogP contribution is 2.47. The zero-order valence-electron chi connectivity index (χ0n) is 15.9. The van der Waals surface area contributed by atoms with Gasteiger partial charge < -0.3 is 0 Å². The fraction of sp³-hybridized carbons (Fsp3) is 0.435. The molecule has 0 spiro atoms. The second-order valence-corrected chi connectivity index (χ2v) is 7.58. The number of hydrogen-bond acceptors (Lipinski definition) is 1. The molecule has 0 amide bonds. The lowest BCUT2D eigenvalue weighted by molar-refractivity contribution is 0.612. The highest BCUT2D eigenvalue weighted by Gasteiger charge is 2.44. The molecule has 1 aliphatic carbocycles. The summed E-state index contributed by atoms with van der Waals surface area (Å²) in [5.41, 5.74) is 4.30. The van der Waals surface area contributed by atoms with E-state index in [1.807, 2.05) is 13.0 Å². The van der Waals surface area contributed by atoms with E-state index >= 15 is 0 Å². The Morgan fingerprint density at radius 3 is 2.12 bits per heavy atom. The van der Waals surface area contributed by atoms with Crippen LogP contribution in [0.3, 0.4) is 0 Å². The Morgan fingerprint density at radius 1 is 1.00 bits per heavy atom. The van der Waals surface area contributed by atoms with Gasteiger partial charge in [-0.25, -0.2) is 4.39 Å². The third-order valence-electron chi connectivity index (χ3n) is 5.00. The molecule has 2 aromatic carbocycles. The summed E-state index contributed by atoms with van der Waals surface area (Å²) in [5, 5.41) is 9.09. The van der Waals surface area contributed by atoms with Crippen LogP contribution in [0.5, 0.6) is 0 Å². The fourth-order valence-electron chi connectivity index (χ4n) is 3.04. The number of rotatable bonds is 3. The van der Waals surface area contributed by atoms with Crippen LogP contribution in [0.25, 0.3) is 0 Å². The van der Waals surface area contributed by atoms with Crippen LogP contribution in [0.1, 0.15) is 74.6 Å². The molecule has 1 fully saturated rings. The molecule has 2 heteroatoms. The van der Waals surface area contributed by atoms with Gasteiger partial charge in [0.15, 0.2) is 0 Å². The summed E-state index contributed by atoms with van der Waals surface area (Å²) in [6.07, 6.45) is 2.07. The minimum atomic E-state index is -0.134. The highest BCUT2D eigenvalue weighted by molar-refractivity contribution is 5.41. The van der Waals surface area contributed by atoms with Gasteiger partial charge in [0.2, 0.25) is 0 Å². The first-order valence-corrected chi connectivity index (χ1v) is 9.07. The molecule has 1 saturated carbocycles. The molecule has 0 bridgehead atoms. The van der Waals surface area contributed by atoms with Crippen LogP contribution < -0.4 is 0 Å². The molecule has 0 N–H and O–H groups in total. The van der Waals surface area contributed by atoms with Crippen molar-refractivity contribution in [2.24, 2.45) is 0 Å². The van der Waals surface area contributed by atoms with Gasteiger partial charge in [-0.05, 0) is 59.9 Å². The van der Waals surface area contributed by atoms with Crippen LogP contribution in [-0.4, -0.2) is 0 Å². The molecule has 1 nitrogen and oxygen atoms in total. The van der Waals surface area contributed by atoms with Crippen LogP contribution in [0.4, 0.5) is 4.39 Å². The molecule has 2 aromatic rings. The maximum Gasteiger partial charge on any atom is 0.126 e. The summed E-state index contributed by atoms with van der Waals surface area (Å²) in [7, 11) is 0. The standard InChI is InChI=1S/C13H15N.C10H13F/c1-10(2)11-4-3-5-12(8-11)13(9-14)6-7-13;1-7(2)9-5-4-6-10(11)8(9)3/h3-5,8,10H,6-7H2,1-2H3;4-7H,1-3H3. The summed E-state index contributed by atoms with van der Waals surface area (Å²) in [5.74, 6) is 0.853. The molecular formula is C23H28FN. The van der Waals surface area contributed by atoms with Crippen molar-refractivity contribution < 1.29 is 4.39 Å². The molecule has 0 unspecified atom stereocenters. The zero-order valence-corrected chi connectivity index (χ0v) is 15.9. The van der Waals surface area contributed by atoms with Gasteiger partial charge in [0.1, 0.15) is 5.82 Å². The molecule has 25 heavy (non-hydrogen) atoms. The smallest absolute Gasteiger partial charge is 0.126 e. The van der Waals surface area contributed by atoms with Crippen molar-refractivity contribution in [2.75, 3.05) is 0 Å². The van der Waals surface area contributed by atoms with Crippen LogP contribution in [0.2, 0.25) is 0 Å². The minimum Gasteiger partial charge on any atom is -0.207 e. The summed E-state index contributed by atoms with van der Waals surface area (Å²) in [4.78, 5) is 0. The van der Waals surface area contributed by atoms with Gasteiger partial charge in [0.25, 0.3) is 0 Å². The molecular weight excluding hydrogens is 309 g/mol. The Morgan fingerprint density at radius 2 is 1.64 bits per heavy atom. The summed E-state index contributed by atoms with van der Waals surface area (Å²) in [6.45, 7) is 10.3. The van der Waals surface area contributed by atoms with E-state index in [2.05, 4.69) is 58.0 Å². The van der Waals surface area contributed by atoms with Crippen LogP contribution >= 0.6 is 0 Å². The Bertz CT molecular complexity index is 764. The number of nitrogens with zero attached hydrogens (tertiary/aromatic N) is 1. The van der Waals surface area contributed by atoms with Crippen molar-refractivity contribution >= 4 is 0 Å². The summed E-state index contributed by atoms with van der Waals surface area (Å²) < 4.78 is 12.9. The fourth-order valence-corrected chi connectivity index (χ4v) is 3.04. The maximum absolute atomic E-state index is 12.9. The van der Waals surface area contributed by atoms with Gasteiger partial charge in [0, 0.05) is 0 Å². The highest BCUT2D eigenvalue weighted by atomic mass is 19.1. The van der Waals surface area contributed by atoms with Crippen molar-refractivity contribution in [2.45, 2.75) is 64.7 Å². The maximum atomic E-state index is 12.9. The van der Waals surface area contributed by atoms with Crippen molar-refractivity contribution in [1.82, 2.24) is 0 Å². The van der Waals surface area contributed by atoms with E-state index in [0.717, 1.165) is 24.0 Å². The Balaban J connectivity index is 0.000000186. The number of benzene rings is 2. The van der Waals surface area contributed by atoms with E-state index < -0.39 is 0 Å². The van der Waals surface area contributed by atoms with Gasteiger partial charge in [-0.2, -0.15) is 5.26 Å². The SMILES string of the molecule is CC(C)c1cccc(C2(C#N)CC2)c1.Cc1c(F)cccc1C(C)C. The Kier molecular flexibility index (Phi) is 6.01. The number of halogens is 1. The van der Waals surface area contributed by atoms with E-state index in [-0.39, 0.29) is 11.2 Å². The lowest BCUT2D eigenvalue weighted by Crippen LogP contribution is -2.03. The van der Waals surface area contributed by atoms with Crippen molar-refractivity contribution in [3.63, 3.8) is 0 Å². The lowest BCUT2D eigenvalue weighted by Gasteiger charge is -2.10. The van der Waals surface area contributed by atoms with Gasteiger partial charge >= 0.3 is 0 Å². The van der Waals surface area contributed by atoms with E-state index in [1.165, 1.54) is 17.2 Å². The summed E-state index contributed by atoms with van der Waals surface area (Å²) >= 11 is 0. The number of hydrogen-bond donors (Lipinski definition) is 0. The zero-order chi connectivity index (χ0) is 18.6. The predicted molar refractivity (Wildman–Crippen MR) is 102 cm³/mol. The average molecular weight is 337 g/mol. The van der Waals surface area contributed by atoms with Gasteiger partial charge in [-0.15, -0.1) is 0 Å². The molecule has 1 aliphatic rings. The quantitative estimate of drug-likeness (QED) is 0.617. The Hall–Kier alpha value is -2.14. The van der Waals surface area contributed by atoms with E-state index in [0.29, 0.717) is 11.8 Å². The number of nitriles is 1. The first-order chi connectivity index (χ1) is 11.8. The second-order valence-electron chi connectivity index (χ2n) is 7.58. The Labute approximate surface area is 151 Å². The molecule has 0 saturated heterocycles. The van der Waals surface area contributed by atoms with Crippen molar-refractivity contribution in [3.05, 3.63) is 70.5 Å². The first kappa shape index (κ1) is 19.2. The minimum absolute atomic E-state index is 0.101. The molecule has 0 aromatic heterocycles. The summed E-state index contributed by atoms with van der Waals surface area (Å²) in [6, 6.07) is 16.2.